The summed E-state index contributed by atoms with van der Waals surface area (Å²) in [5.41, 5.74) is 1.05. The third-order valence-electron chi connectivity index (χ3n) is 5.20. The molecule has 2 fully saturated rings. The summed E-state index contributed by atoms with van der Waals surface area (Å²) in [6.07, 6.45) is 5.26. The normalized spacial score (nSPS) is 19.8. The Hall–Kier alpha value is -2.10. The van der Waals surface area contributed by atoms with Gasteiger partial charge in [0.1, 0.15) is 5.69 Å². The van der Waals surface area contributed by atoms with Crippen molar-refractivity contribution in [1.82, 2.24) is 25.1 Å². The zero-order valence-electron chi connectivity index (χ0n) is 17.1. The standard InChI is InChI=1S/C20H31N5O4/c1-16-13-23-18(14-22-16)20(27)25(15-17-3-2-10-29-17)6-4-19(26)21-5-7-24-8-11-28-12-9-24/h13-14,17H,2-12,15H2,1H3,(H,21,26)/t17-/m0/s1. The van der Waals surface area contributed by atoms with E-state index in [1.165, 1.54) is 6.20 Å². The van der Waals surface area contributed by atoms with Gasteiger partial charge < -0.3 is 19.7 Å². The van der Waals surface area contributed by atoms with Gasteiger partial charge in [0.15, 0.2) is 0 Å². The summed E-state index contributed by atoms with van der Waals surface area (Å²) in [5.74, 6) is -0.271. The number of nitrogens with zero attached hydrogens (tertiary/aromatic N) is 4. The SMILES string of the molecule is Cc1cnc(C(=O)N(CCC(=O)NCCN2CCOCC2)C[C@@H]2CCCO2)cn1. The largest absolute Gasteiger partial charge is 0.379 e. The minimum Gasteiger partial charge on any atom is -0.379 e. The molecule has 0 spiro atoms. The molecule has 0 saturated carbocycles. The molecule has 9 heteroatoms. The molecule has 2 amide bonds. The summed E-state index contributed by atoms with van der Waals surface area (Å²) in [6, 6.07) is 0. The number of hydrogen-bond acceptors (Lipinski definition) is 7. The molecule has 0 radical (unpaired) electrons. The lowest BCUT2D eigenvalue weighted by Crippen LogP contribution is -2.43. The van der Waals surface area contributed by atoms with Crippen molar-refractivity contribution in [1.29, 1.82) is 0 Å². The Balaban J connectivity index is 1.48. The highest BCUT2D eigenvalue weighted by Crippen LogP contribution is 2.15. The second-order valence-corrected chi connectivity index (χ2v) is 7.48. The van der Waals surface area contributed by atoms with Gasteiger partial charge in [-0.3, -0.25) is 19.5 Å². The van der Waals surface area contributed by atoms with Crippen LogP contribution in [0.15, 0.2) is 12.4 Å². The minimum atomic E-state index is -0.214. The molecule has 1 N–H and O–H groups in total. The molecule has 3 rings (SSSR count). The fourth-order valence-electron chi connectivity index (χ4n) is 3.48. The highest BCUT2D eigenvalue weighted by atomic mass is 16.5. The summed E-state index contributed by atoms with van der Waals surface area (Å²) in [7, 11) is 0. The average molecular weight is 405 g/mol. The average Bonchev–Trinajstić information content (AvgIpc) is 3.25. The molecular weight excluding hydrogens is 374 g/mol. The Kier molecular flexibility index (Phi) is 8.33. The van der Waals surface area contributed by atoms with E-state index in [0.717, 1.165) is 58.0 Å². The van der Waals surface area contributed by atoms with Gasteiger partial charge >= 0.3 is 0 Å². The molecule has 2 saturated heterocycles. The highest BCUT2D eigenvalue weighted by molar-refractivity contribution is 5.92. The highest BCUT2D eigenvalue weighted by Gasteiger charge is 2.25. The second kappa shape index (κ2) is 11.2. The Morgan fingerprint density at radius 1 is 1.24 bits per heavy atom. The van der Waals surface area contributed by atoms with Crippen LogP contribution in [-0.4, -0.2) is 96.8 Å². The molecule has 0 bridgehead atoms. The molecule has 160 valence electrons. The van der Waals surface area contributed by atoms with Crippen molar-refractivity contribution in [2.24, 2.45) is 0 Å². The van der Waals surface area contributed by atoms with Crippen LogP contribution < -0.4 is 5.32 Å². The fourth-order valence-corrected chi connectivity index (χ4v) is 3.48. The predicted molar refractivity (Wildman–Crippen MR) is 107 cm³/mol. The van der Waals surface area contributed by atoms with Gasteiger partial charge in [0.05, 0.1) is 31.2 Å². The van der Waals surface area contributed by atoms with E-state index >= 15 is 0 Å². The summed E-state index contributed by atoms with van der Waals surface area (Å²) in [5, 5.41) is 2.95. The number of hydrogen-bond donors (Lipinski definition) is 1. The number of aromatic nitrogens is 2. The van der Waals surface area contributed by atoms with E-state index in [0.29, 0.717) is 25.3 Å². The molecule has 2 aliphatic heterocycles. The van der Waals surface area contributed by atoms with E-state index in [1.807, 2.05) is 6.92 Å². The van der Waals surface area contributed by atoms with Crippen LogP contribution in [0.4, 0.5) is 0 Å². The van der Waals surface area contributed by atoms with Crippen molar-refractivity contribution in [3.63, 3.8) is 0 Å². The lowest BCUT2D eigenvalue weighted by molar-refractivity contribution is -0.121. The first-order valence-corrected chi connectivity index (χ1v) is 10.4. The smallest absolute Gasteiger partial charge is 0.274 e. The lowest BCUT2D eigenvalue weighted by atomic mass is 10.2. The maximum atomic E-state index is 12.9. The van der Waals surface area contributed by atoms with E-state index in [4.69, 9.17) is 9.47 Å². The molecule has 1 aromatic rings. The summed E-state index contributed by atoms with van der Waals surface area (Å²) in [6.45, 7) is 8.05. The third-order valence-corrected chi connectivity index (χ3v) is 5.20. The van der Waals surface area contributed by atoms with E-state index in [2.05, 4.69) is 20.2 Å². The molecule has 0 aliphatic carbocycles. The first-order chi connectivity index (χ1) is 14.1. The minimum absolute atomic E-state index is 0.0155. The van der Waals surface area contributed by atoms with Crippen molar-refractivity contribution in [3.05, 3.63) is 23.8 Å². The van der Waals surface area contributed by atoms with Gasteiger partial charge in [-0.05, 0) is 19.8 Å². The number of amides is 2. The van der Waals surface area contributed by atoms with E-state index in [1.54, 1.807) is 11.1 Å². The first-order valence-electron chi connectivity index (χ1n) is 10.4. The van der Waals surface area contributed by atoms with E-state index in [9.17, 15) is 9.59 Å². The molecule has 1 atom stereocenters. The van der Waals surface area contributed by atoms with Crippen LogP contribution in [0.5, 0.6) is 0 Å². The van der Waals surface area contributed by atoms with Gasteiger partial charge in [-0.15, -0.1) is 0 Å². The molecule has 1 aromatic heterocycles. The zero-order valence-corrected chi connectivity index (χ0v) is 17.1. The molecule has 9 nitrogen and oxygen atoms in total. The quantitative estimate of drug-likeness (QED) is 0.629. The molecular formula is C20H31N5O4. The van der Waals surface area contributed by atoms with Crippen LogP contribution >= 0.6 is 0 Å². The molecule has 0 unspecified atom stereocenters. The third kappa shape index (κ3) is 7.02. The van der Waals surface area contributed by atoms with Crippen molar-refractivity contribution in [2.75, 3.05) is 59.1 Å². The van der Waals surface area contributed by atoms with Gasteiger partial charge in [0.25, 0.3) is 5.91 Å². The van der Waals surface area contributed by atoms with Crippen molar-refractivity contribution in [3.8, 4) is 0 Å². The Labute approximate surface area is 171 Å². The molecule has 0 aromatic carbocycles. The number of nitrogens with one attached hydrogen (secondary N) is 1. The maximum absolute atomic E-state index is 12.9. The van der Waals surface area contributed by atoms with Crippen LogP contribution in [0.25, 0.3) is 0 Å². The Morgan fingerprint density at radius 2 is 2.07 bits per heavy atom. The predicted octanol–water partition coefficient (Wildman–Crippen LogP) is 0.245. The summed E-state index contributed by atoms with van der Waals surface area (Å²) in [4.78, 5) is 37.5. The number of ether oxygens (including phenoxy) is 2. The van der Waals surface area contributed by atoms with Crippen LogP contribution in [0.1, 0.15) is 35.4 Å². The monoisotopic (exact) mass is 405 g/mol. The summed E-state index contributed by atoms with van der Waals surface area (Å²) < 4.78 is 11.0. The van der Waals surface area contributed by atoms with Gasteiger partial charge in [-0.2, -0.15) is 0 Å². The number of morpholine rings is 1. The summed E-state index contributed by atoms with van der Waals surface area (Å²) >= 11 is 0. The van der Waals surface area contributed by atoms with Gasteiger partial charge in [-0.1, -0.05) is 0 Å². The maximum Gasteiger partial charge on any atom is 0.274 e. The molecule has 29 heavy (non-hydrogen) atoms. The fraction of sp³-hybridized carbons (Fsp3) is 0.700. The van der Waals surface area contributed by atoms with Crippen LogP contribution in [0.2, 0.25) is 0 Å². The van der Waals surface area contributed by atoms with Gasteiger partial charge in [0, 0.05) is 58.5 Å². The number of carbonyl (C=O) groups excluding carboxylic acids is 2. The molecule has 3 heterocycles. The Bertz CT molecular complexity index is 657. The van der Waals surface area contributed by atoms with Gasteiger partial charge in [-0.25, -0.2) is 4.98 Å². The molecule has 2 aliphatic rings. The van der Waals surface area contributed by atoms with Gasteiger partial charge in [0.2, 0.25) is 5.91 Å². The number of aryl methyl sites for hydroxylation is 1. The van der Waals surface area contributed by atoms with Crippen LogP contribution in [-0.2, 0) is 14.3 Å². The lowest BCUT2D eigenvalue weighted by Gasteiger charge is -2.27. The van der Waals surface area contributed by atoms with Crippen molar-refractivity contribution in [2.45, 2.75) is 32.3 Å². The van der Waals surface area contributed by atoms with Crippen LogP contribution in [0.3, 0.4) is 0 Å². The zero-order chi connectivity index (χ0) is 20.5. The second-order valence-electron chi connectivity index (χ2n) is 7.48. The number of rotatable bonds is 9. The van der Waals surface area contributed by atoms with E-state index < -0.39 is 0 Å². The van der Waals surface area contributed by atoms with Crippen LogP contribution in [0, 0.1) is 6.92 Å². The van der Waals surface area contributed by atoms with Crippen molar-refractivity contribution < 1.29 is 19.1 Å². The van der Waals surface area contributed by atoms with E-state index in [-0.39, 0.29) is 24.3 Å². The van der Waals surface area contributed by atoms with Crippen molar-refractivity contribution >= 4 is 11.8 Å². The number of carbonyl (C=O) groups is 2. The Morgan fingerprint density at radius 3 is 2.76 bits per heavy atom. The first kappa shape index (κ1) is 21.6. The topological polar surface area (TPSA) is 96.9 Å².